The van der Waals surface area contributed by atoms with Crippen molar-refractivity contribution in [2.75, 3.05) is 33.2 Å². The molecule has 0 radical (unpaired) electrons. The Bertz CT molecular complexity index is 1320. The van der Waals surface area contributed by atoms with Crippen molar-refractivity contribution >= 4 is 23.5 Å². The molecule has 2 aromatic carbocycles. The average molecular weight is 542 g/mol. The molecule has 3 rings (SSSR count). The molecule has 0 saturated heterocycles. The Labute approximate surface area is 226 Å². The van der Waals surface area contributed by atoms with E-state index in [1.165, 1.54) is 34.3 Å². The Hall–Kier alpha value is -4.28. The fourth-order valence-electron chi connectivity index (χ4n) is 4.80. The van der Waals surface area contributed by atoms with E-state index in [2.05, 4.69) is 16.0 Å². The summed E-state index contributed by atoms with van der Waals surface area (Å²) >= 11 is 0. The number of nitrogens with one attached hydrogen (secondary N) is 3. The fourth-order valence-corrected chi connectivity index (χ4v) is 4.80. The summed E-state index contributed by atoms with van der Waals surface area (Å²) in [7, 11) is 4.56. The number of rotatable bonds is 10. The molecule has 11 nitrogen and oxygen atoms in total. The topological polar surface area (TPSA) is 152 Å². The second-order valence-corrected chi connectivity index (χ2v) is 9.57. The van der Waals surface area contributed by atoms with E-state index in [1.54, 1.807) is 26.0 Å². The number of carboxylic acid groups (broad SMARTS) is 1. The molecule has 11 heteroatoms. The van der Waals surface area contributed by atoms with Gasteiger partial charge in [-0.15, -0.1) is 0 Å². The number of carbonyl (C=O) groups is 3. The summed E-state index contributed by atoms with van der Waals surface area (Å²) in [6, 6.07) is 5.31. The first kappa shape index (κ1) is 29.3. The average Bonchev–Trinajstić information content (AvgIpc) is 3.12. The Kier molecular flexibility index (Phi) is 9.39. The van der Waals surface area contributed by atoms with Crippen molar-refractivity contribution in [2.24, 2.45) is 5.92 Å². The van der Waals surface area contributed by atoms with Crippen LogP contribution in [0.4, 0.5) is 5.69 Å². The molecular weight excluding hydrogens is 506 g/mol. The van der Waals surface area contributed by atoms with Gasteiger partial charge in [0.2, 0.25) is 23.0 Å². The van der Waals surface area contributed by atoms with Crippen LogP contribution < -0.4 is 35.6 Å². The highest BCUT2D eigenvalue weighted by Crippen LogP contribution is 2.50. The molecule has 2 aromatic rings. The van der Waals surface area contributed by atoms with Gasteiger partial charge in [-0.1, -0.05) is 19.9 Å². The van der Waals surface area contributed by atoms with Crippen LogP contribution >= 0.6 is 0 Å². The molecule has 210 valence electrons. The number of ether oxygens (including phenoxy) is 3. The van der Waals surface area contributed by atoms with Gasteiger partial charge in [0.15, 0.2) is 11.5 Å². The van der Waals surface area contributed by atoms with Crippen LogP contribution in [-0.2, 0) is 20.8 Å². The van der Waals surface area contributed by atoms with Crippen LogP contribution in [-0.4, -0.2) is 56.8 Å². The number of benzene rings is 1. The summed E-state index contributed by atoms with van der Waals surface area (Å²) < 4.78 is 16.9. The lowest BCUT2D eigenvalue weighted by Crippen LogP contribution is -2.45. The van der Waals surface area contributed by atoms with E-state index >= 15 is 0 Å². The molecule has 2 atom stereocenters. The highest BCUT2D eigenvalue weighted by atomic mass is 16.5. The summed E-state index contributed by atoms with van der Waals surface area (Å²) in [5.41, 5.74) is 2.59. The lowest BCUT2D eigenvalue weighted by Gasteiger charge is -2.21. The minimum absolute atomic E-state index is 0.148. The van der Waals surface area contributed by atoms with Crippen LogP contribution in [0.1, 0.15) is 44.4 Å². The van der Waals surface area contributed by atoms with Gasteiger partial charge in [0, 0.05) is 12.5 Å². The van der Waals surface area contributed by atoms with E-state index in [0.29, 0.717) is 46.8 Å². The molecule has 0 heterocycles. The van der Waals surface area contributed by atoms with E-state index in [9.17, 15) is 19.2 Å². The molecule has 2 amide bonds. The standard InChI is InChI=1S/C28H35N3O8/c1-14(2)25(28(36)29-13-23(34)35)31-20-10-8-17-18(12-21(20)33)19(30-15(3)32)9-7-16-11-22(37-4)26(38-5)27(39-6)24(16)17/h8,10-12,14,19,25H,7,9,13H2,1-6H3,(H,29,36)(H,30,32)(H,31,33)(H,34,35)/t19-,25+/m1/s1. The van der Waals surface area contributed by atoms with E-state index in [-0.39, 0.29) is 17.5 Å². The predicted octanol–water partition coefficient (Wildman–Crippen LogP) is 2.50. The molecule has 0 bridgehead atoms. The Morgan fingerprint density at radius 1 is 1.05 bits per heavy atom. The maximum atomic E-state index is 13.5. The van der Waals surface area contributed by atoms with Crippen LogP contribution in [0.3, 0.4) is 0 Å². The molecule has 0 fully saturated rings. The molecule has 1 aliphatic carbocycles. The Morgan fingerprint density at radius 2 is 1.74 bits per heavy atom. The molecular formula is C28H35N3O8. The molecule has 0 aliphatic heterocycles. The Morgan fingerprint density at radius 3 is 2.31 bits per heavy atom. The van der Waals surface area contributed by atoms with Gasteiger partial charge in [-0.3, -0.25) is 19.2 Å². The summed E-state index contributed by atoms with van der Waals surface area (Å²) in [5.74, 6) is -0.902. The van der Waals surface area contributed by atoms with Crippen LogP contribution in [0, 0.1) is 5.92 Å². The van der Waals surface area contributed by atoms with Crippen molar-refractivity contribution in [2.45, 2.75) is 45.7 Å². The maximum Gasteiger partial charge on any atom is 0.322 e. The lowest BCUT2D eigenvalue weighted by molar-refractivity contribution is -0.138. The highest BCUT2D eigenvalue weighted by molar-refractivity contribution is 5.88. The first-order valence-electron chi connectivity index (χ1n) is 12.6. The second-order valence-electron chi connectivity index (χ2n) is 9.57. The van der Waals surface area contributed by atoms with Crippen molar-refractivity contribution in [1.29, 1.82) is 0 Å². The molecule has 4 N–H and O–H groups in total. The number of hydrogen-bond donors (Lipinski definition) is 4. The normalized spacial score (nSPS) is 14.7. The zero-order valence-corrected chi connectivity index (χ0v) is 23.0. The molecule has 39 heavy (non-hydrogen) atoms. The van der Waals surface area contributed by atoms with Gasteiger partial charge in [-0.25, -0.2) is 0 Å². The number of anilines is 1. The third kappa shape index (κ3) is 6.42. The van der Waals surface area contributed by atoms with E-state index in [0.717, 1.165) is 5.56 Å². The van der Waals surface area contributed by atoms with Crippen LogP contribution in [0.15, 0.2) is 29.1 Å². The van der Waals surface area contributed by atoms with E-state index < -0.39 is 35.9 Å². The maximum absolute atomic E-state index is 13.5. The summed E-state index contributed by atoms with van der Waals surface area (Å²) in [4.78, 5) is 49.2. The van der Waals surface area contributed by atoms with Crippen LogP contribution in [0.25, 0.3) is 11.1 Å². The van der Waals surface area contributed by atoms with Gasteiger partial charge >= 0.3 is 5.97 Å². The van der Waals surface area contributed by atoms with Crippen molar-refractivity contribution in [1.82, 2.24) is 10.6 Å². The number of hydrogen-bond acceptors (Lipinski definition) is 8. The number of carbonyl (C=O) groups excluding carboxylic acids is 2. The van der Waals surface area contributed by atoms with Gasteiger partial charge in [0.1, 0.15) is 12.6 Å². The van der Waals surface area contributed by atoms with Gasteiger partial charge in [0.05, 0.1) is 33.1 Å². The lowest BCUT2D eigenvalue weighted by atomic mass is 9.95. The van der Waals surface area contributed by atoms with E-state index in [4.69, 9.17) is 19.3 Å². The van der Waals surface area contributed by atoms with Crippen LogP contribution in [0.5, 0.6) is 17.2 Å². The summed E-state index contributed by atoms with van der Waals surface area (Å²) in [5, 5.41) is 17.2. The van der Waals surface area contributed by atoms with Gasteiger partial charge < -0.3 is 35.3 Å². The largest absolute Gasteiger partial charge is 0.493 e. The molecule has 0 saturated carbocycles. The third-order valence-electron chi connectivity index (χ3n) is 6.59. The van der Waals surface area contributed by atoms with E-state index in [1.807, 2.05) is 6.07 Å². The van der Waals surface area contributed by atoms with Crippen molar-refractivity contribution < 1.29 is 33.7 Å². The van der Waals surface area contributed by atoms with Gasteiger partial charge in [-0.05, 0) is 53.6 Å². The third-order valence-corrected chi connectivity index (χ3v) is 6.59. The van der Waals surface area contributed by atoms with Crippen molar-refractivity contribution in [3.05, 3.63) is 45.6 Å². The number of aliphatic carboxylic acids is 1. The zero-order chi connectivity index (χ0) is 28.9. The number of amides is 2. The number of aryl methyl sites for hydroxylation is 1. The molecule has 0 unspecified atom stereocenters. The first-order chi connectivity index (χ1) is 18.5. The minimum atomic E-state index is -1.17. The quantitative estimate of drug-likeness (QED) is 0.355. The molecule has 0 spiro atoms. The van der Waals surface area contributed by atoms with Crippen LogP contribution in [0.2, 0.25) is 0 Å². The first-order valence-corrected chi connectivity index (χ1v) is 12.6. The number of carboxylic acids is 1. The zero-order valence-electron chi connectivity index (χ0n) is 23.0. The Balaban J connectivity index is 2.24. The van der Waals surface area contributed by atoms with Gasteiger partial charge in [-0.2, -0.15) is 0 Å². The predicted molar refractivity (Wildman–Crippen MR) is 146 cm³/mol. The highest BCUT2D eigenvalue weighted by Gasteiger charge is 2.30. The summed E-state index contributed by atoms with van der Waals surface area (Å²) in [6.45, 7) is 4.45. The SMILES string of the molecule is COc1cc2c(c(OC)c1OC)-c1ccc(N[C@H](C(=O)NCC(=O)O)C(C)C)c(=O)cc1[C@H](NC(C)=O)CC2. The number of methoxy groups -OCH3 is 3. The smallest absolute Gasteiger partial charge is 0.322 e. The summed E-state index contributed by atoms with van der Waals surface area (Å²) in [6.07, 6.45) is 1.07. The molecule has 1 aliphatic rings. The fraction of sp³-hybridized carbons (Fsp3) is 0.429. The molecule has 0 aromatic heterocycles. The van der Waals surface area contributed by atoms with Crippen molar-refractivity contribution in [3.8, 4) is 28.4 Å². The van der Waals surface area contributed by atoms with Crippen molar-refractivity contribution in [3.63, 3.8) is 0 Å². The van der Waals surface area contributed by atoms with Gasteiger partial charge in [0.25, 0.3) is 0 Å². The second kappa shape index (κ2) is 12.5. The minimum Gasteiger partial charge on any atom is -0.493 e. The number of fused-ring (bicyclic) bond motifs is 3. The monoisotopic (exact) mass is 541 g/mol.